The first-order chi connectivity index (χ1) is 15.5. The largest absolute Gasteiger partial charge is 0.493 e. The maximum absolute atomic E-state index is 12.6. The molecule has 4 nitrogen and oxygen atoms in total. The molecule has 0 aliphatic carbocycles. The Morgan fingerprint density at radius 2 is 1.69 bits per heavy atom. The summed E-state index contributed by atoms with van der Waals surface area (Å²) in [6.07, 6.45) is 5.03. The highest BCUT2D eigenvalue weighted by Crippen LogP contribution is 2.37. The molecule has 3 rings (SSSR count). The predicted octanol–water partition coefficient (Wildman–Crippen LogP) is 6.81. The van der Waals surface area contributed by atoms with E-state index in [0.717, 1.165) is 45.3 Å². The average molecular weight is 494 g/mol. The smallest absolute Gasteiger partial charge is 0.248 e. The first kappa shape index (κ1) is 23.6. The molecule has 0 spiro atoms. The molecule has 0 atom stereocenters. The highest BCUT2D eigenvalue weighted by Gasteiger charge is 2.12. The van der Waals surface area contributed by atoms with Gasteiger partial charge in [-0.25, -0.2) is 0 Å². The molecular formula is C27H28BrNO3. The van der Waals surface area contributed by atoms with E-state index in [2.05, 4.69) is 47.2 Å². The van der Waals surface area contributed by atoms with Crippen molar-refractivity contribution in [1.82, 2.24) is 0 Å². The van der Waals surface area contributed by atoms with Crippen LogP contribution >= 0.6 is 15.9 Å². The van der Waals surface area contributed by atoms with Gasteiger partial charge in [-0.05, 0) is 69.2 Å². The van der Waals surface area contributed by atoms with E-state index in [4.69, 9.17) is 9.47 Å². The molecule has 3 aromatic carbocycles. The van der Waals surface area contributed by atoms with Crippen LogP contribution in [0.15, 0.2) is 71.2 Å². The number of halogens is 1. The van der Waals surface area contributed by atoms with Crippen molar-refractivity contribution in [2.45, 2.75) is 33.3 Å². The topological polar surface area (TPSA) is 47.6 Å². The Labute approximate surface area is 198 Å². The number of rotatable bonds is 9. The molecule has 0 saturated heterocycles. The van der Waals surface area contributed by atoms with Gasteiger partial charge in [-0.3, -0.25) is 4.79 Å². The maximum Gasteiger partial charge on any atom is 0.248 e. The molecule has 0 bridgehead atoms. The monoisotopic (exact) mass is 493 g/mol. The van der Waals surface area contributed by atoms with E-state index < -0.39 is 0 Å². The van der Waals surface area contributed by atoms with Gasteiger partial charge in [0.1, 0.15) is 6.61 Å². The van der Waals surface area contributed by atoms with Crippen molar-refractivity contribution >= 4 is 33.6 Å². The second-order valence-corrected chi connectivity index (χ2v) is 8.14. The number of hydrogen-bond donors (Lipinski definition) is 1. The second-order valence-electron chi connectivity index (χ2n) is 7.29. The van der Waals surface area contributed by atoms with Crippen molar-refractivity contribution in [2.24, 2.45) is 0 Å². The molecule has 5 heteroatoms. The zero-order valence-electron chi connectivity index (χ0n) is 18.7. The summed E-state index contributed by atoms with van der Waals surface area (Å²) >= 11 is 3.57. The number of para-hydroxylation sites is 1. The Balaban J connectivity index is 1.74. The van der Waals surface area contributed by atoms with Crippen LogP contribution in [0.1, 0.15) is 36.1 Å². The molecule has 166 valence electrons. The molecule has 0 fully saturated rings. The fourth-order valence-corrected chi connectivity index (χ4v) is 4.02. The number of methoxy groups -OCH3 is 1. The summed E-state index contributed by atoms with van der Waals surface area (Å²) in [6, 6.07) is 19.8. The quantitative estimate of drug-likeness (QED) is 0.333. The Hall–Kier alpha value is -3.05. The molecule has 0 saturated carbocycles. The van der Waals surface area contributed by atoms with Crippen LogP contribution in [0.2, 0.25) is 0 Å². The van der Waals surface area contributed by atoms with Crippen molar-refractivity contribution in [2.75, 3.05) is 12.4 Å². The van der Waals surface area contributed by atoms with E-state index in [9.17, 15) is 4.79 Å². The van der Waals surface area contributed by atoms with Crippen LogP contribution in [-0.2, 0) is 24.2 Å². The van der Waals surface area contributed by atoms with Crippen LogP contribution in [0.25, 0.3) is 6.08 Å². The first-order valence-electron chi connectivity index (χ1n) is 10.7. The minimum absolute atomic E-state index is 0.167. The van der Waals surface area contributed by atoms with Crippen LogP contribution in [0.3, 0.4) is 0 Å². The van der Waals surface area contributed by atoms with Gasteiger partial charge in [0.25, 0.3) is 0 Å². The number of hydrogen-bond acceptors (Lipinski definition) is 3. The Bertz CT molecular complexity index is 1070. The molecule has 3 aromatic rings. The molecule has 32 heavy (non-hydrogen) atoms. The maximum atomic E-state index is 12.6. The number of aryl methyl sites for hydroxylation is 2. The van der Waals surface area contributed by atoms with Crippen molar-refractivity contribution in [3.63, 3.8) is 0 Å². The van der Waals surface area contributed by atoms with E-state index in [1.807, 2.05) is 48.5 Å². The molecule has 0 radical (unpaired) electrons. The molecule has 0 aliphatic rings. The Morgan fingerprint density at radius 1 is 1.00 bits per heavy atom. The molecular weight excluding hydrogens is 466 g/mol. The van der Waals surface area contributed by atoms with Gasteiger partial charge in [-0.15, -0.1) is 0 Å². The fraction of sp³-hybridized carbons (Fsp3) is 0.222. The Kier molecular flexibility index (Phi) is 8.51. The van der Waals surface area contributed by atoms with Crippen molar-refractivity contribution in [3.8, 4) is 11.5 Å². The number of amides is 1. The van der Waals surface area contributed by atoms with Gasteiger partial charge in [0.05, 0.1) is 11.6 Å². The summed E-state index contributed by atoms with van der Waals surface area (Å²) in [6.45, 7) is 4.61. The third kappa shape index (κ3) is 6.01. The number of carbonyl (C=O) groups excluding carboxylic acids is 1. The zero-order chi connectivity index (χ0) is 22.9. The minimum Gasteiger partial charge on any atom is -0.493 e. The lowest BCUT2D eigenvalue weighted by atomic mass is 10.0. The third-order valence-corrected chi connectivity index (χ3v) is 5.74. The summed E-state index contributed by atoms with van der Waals surface area (Å²) in [7, 11) is 1.60. The zero-order valence-corrected chi connectivity index (χ0v) is 20.2. The number of carbonyl (C=O) groups is 1. The van der Waals surface area contributed by atoms with Gasteiger partial charge in [0.15, 0.2) is 11.5 Å². The normalized spacial score (nSPS) is 10.9. The number of ether oxygens (including phenoxy) is 2. The predicted molar refractivity (Wildman–Crippen MR) is 134 cm³/mol. The number of nitrogens with one attached hydrogen (secondary N) is 1. The van der Waals surface area contributed by atoms with Gasteiger partial charge in [-0.1, -0.05) is 62.4 Å². The van der Waals surface area contributed by atoms with E-state index in [1.165, 1.54) is 6.08 Å². The highest BCUT2D eigenvalue weighted by molar-refractivity contribution is 9.10. The Morgan fingerprint density at radius 3 is 2.31 bits per heavy atom. The summed E-state index contributed by atoms with van der Waals surface area (Å²) in [5.74, 6) is 1.06. The number of anilines is 1. The SMILES string of the molecule is CCc1cccc(CC)c1NC(=O)/C=C/c1cc(Br)c(OCc2ccccc2)c(OC)c1. The van der Waals surface area contributed by atoms with Gasteiger partial charge >= 0.3 is 0 Å². The van der Waals surface area contributed by atoms with E-state index in [-0.39, 0.29) is 5.91 Å². The van der Waals surface area contributed by atoms with E-state index >= 15 is 0 Å². The van der Waals surface area contributed by atoms with Gasteiger partial charge in [0, 0.05) is 11.8 Å². The molecule has 1 N–H and O–H groups in total. The van der Waals surface area contributed by atoms with Gasteiger partial charge < -0.3 is 14.8 Å². The van der Waals surface area contributed by atoms with Crippen molar-refractivity contribution in [3.05, 3.63) is 93.5 Å². The second kappa shape index (κ2) is 11.5. The summed E-state index contributed by atoms with van der Waals surface area (Å²) in [5.41, 5.74) is 5.08. The molecule has 0 aromatic heterocycles. The first-order valence-corrected chi connectivity index (χ1v) is 11.5. The van der Waals surface area contributed by atoms with E-state index in [0.29, 0.717) is 18.1 Å². The molecule has 0 unspecified atom stereocenters. The van der Waals surface area contributed by atoms with Crippen LogP contribution < -0.4 is 14.8 Å². The summed E-state index contributed by atoms with van der Waals surface area (Å²) < 4.78 is 12.3. The highest BCUT2D eigenvalue weighted by atomic mass is 79.9. The lowest BCUT2D eigenvalue weighted by molar-refractivity contribution is -0.111. The number of benzene rings is 3. The molecule has 0 heterocycles. The minimum atomic E-state index is -0.167. The fourth-order valence-electron chi connectivity index (χ4n) is 3.45. The van der Waals surface area contributed by atoms with E-state index in [1.54, 1.807) is 13.2 Å². The van der Waals surface area contributed by atoms with Crippen LogP contribution in [-0.4, -0.2) is 13.0 Å². The van der Waals surface area contributed by atoms with Gasteiger partial charge in [0.2, 0.25) is 5.91 Å². The van der Waals surface area contributed by atoms with Gasteiger partial charge in [-0.2, -0.15) is 0 Å². The molecule has 1 amide bonds. The summed E-state index contributed by atoms with van der Waals surface area (Å²) in [4.78, 5) is 12.6. The average Bonchev–Trinajstić information content (AvgIpc) is 2.82. The standard InChI is InChI=1S/C27H28BrNO3/c1-4-21-12-9-13-22(5-2)26(21)29-25(30)15-14-20-16-23(28)27(24(17-20)31-3)32-18-19-10-7-6-8-11-19/h6-17H,4-5,18H2,1-3H3,(H,29,30)/b15-14+. The lowest BCUT2D eigenvalue weighted by Crippen LogP contribution is -2.11. The van der Waals surface area contributed by atoms with Crippen LogP contribution in [0.4, 0.5) is 5.69 Å². The summed E-state index contributed by atoms with van der Waals surface area (Å²) in [5, 5.41) is 3.05. The van der Waals surface area contributed by atoms with Crippen molar-refractivity contribution in [1.29, 1.82) is 0 Å². The lowest BCUT2D eigenvalue weighted by Gasteiger charge is -2.14. The van der Waals surface area contributed by atoms with Crippen LogP contribution in [0, 0.1) is 0 Å². The molecule has 0 aliphatic heterocycles. The van der Waals surface area contributed by atoms with Crippen LogP contribution in [0.5, 0.6) is 11.5 Å². The third-order valence-electron chi connectivity index (χ3n) is 5.15. The van der Waals surface area contributed by atoms with Crippen molar-refractivity contribution < 1.29 is 14.3 Å².